The Balaban J connectivity index is 1.82. The number of carboxylic acid groups (broad SMARTS) is 1. The van der Waals surface area contributed by atoms with Gasteiger partial charge in [-0.2, -0.15) is 0 Å². The van der Waals surface area contributed by atoms with Gasteiger partial charge in [0.1, 0.15) is 16.7 Å². The Kier molecular flexibility index (Phi) is 4.10. The van der Waals surface area contributed by atoms with E-state index in [2.05, 4.69) is 15.5 Å². The van der Waals surface area contributed by atoms with E-state index in [1.165, 1.54) is 0 Å². The van der Waals surface area contributed by atoms with Gasteiger partial charge < -0.3 is 19.5 Å². The molecule has 1 aliphatic carbocycles. The van der Waals surface area contributed by atoms with Gasteiger partial charge >= 0.3 is 6.09 Å². The molecule has 0 bridgehead atoms. The van der Waals surface area contributed by atoms with E-state index in [9.17, 15) is 9.59 Å². The van der Waals surface area contributed by atoms with Gasteiger partial charge in [0.15, 0.2) is 0 Å². The van der Waals surface area contributed by atoms with Crippen LogP contribution in [0.2, 0.25) is 0 Å². The number of fused-ring (bicyclic) bond motifs is 3. The maximum atomic E-state index is 13.2. The van der Waals surface area contributed by atoms with Gasteiger partial charge in [0.2, 0.25) is 0 Å². The molecular weight excluding hydrogens is 336 g/mol. The molecule has 4 rings (SSSR count). The van der Waals surface area contributed by atoms with Crippen LogP contribution in [0.1, 0.15) is 37.5 Å². The Morgan fingerprint density at radius 3 is 3.12 bits per heavy atom. The fourth-order valence-corrected chi connectivity index (χ4v) is 4.09. The quantitative estimate of drug-likeness (QED) is 0.746. The SMILES string of the molecule is Cc1onc2c1c(=O)n(C1CCCC(CNC(=O)O)C1)c1ccncc21. The van der Waals surface area contributed by atoms with Crippen molar-refractivity contribution in [2.75, 3.05) is 6.54 Å². The van der Waals surface area contributed by atoms with Gasteiger partial charge in [0.05, 0.1) is 5.52 Å². The number of aromatic nitrogens is 3. The van der Waals surface area contributed by atoms with Crippen LogP contribution < -0.4 is 10.9 Å². The molecule has 1 aliphatic rings. The number of nitrogens with zero attached hydrogens (tertiary/aromatic N) is 3. The summed E-state index contributed by atoms with van der Waals surface area (Å²) in [7, 11) is 0. The molecule has 0 saturated heterocycles. The molecule has 2 unspecified atom stereocenters. The lowest BCUT2D eigenvalue weighted by Gasteiger charge is -2.31. The normalized spacial score (nSPS) is 20.5. The van der Waals surface area contributed by atoms with Crippen molar-refractivity contribution in [3.05, 3.63) is 34.6 Å². The van der Waals surface area contributed by atoms with E-state index >= 15 is 0 Å². The maximum Gasteiger partial charge on any atom is 0.404 e. The number of carbonyl (C=O) groups is 1. The molecule has 1 amide bonds. The van der Waals surface area contributed by atoms with Gasteiger partial charge in [0.25, 0.3) is 5.56 Å². The molecule has 0 aliphatic heterocycles. The number of hydrogen-bond acceptors (Lipinski definition) is 5. The van der Waals surface area contributed by atoms with Gasteiger partial charge in [-0.3, -0.25) is 9.78 Å². The van der Waals surface area contributed by atoms with Crippen molar-refractivity contribution in [3.8, 4) is 0 Å². The number of pyridine rings is 2. The number of rotatable bonds is 3. The van der Waals surface area contributed by atoms with E-state index in [4.69, 9.17) is 9.63 Å². The molecule has 1 saturated carbocycles. The fourth-order valence-electron chi connectivity index (χ4n) is 4.09. The number of amides is 1. The van der Waals surface area contributed by atoms with Crippen molar-refractivity contribution in [3.63, 3.8) is 0 Å². The molecule has 1 fully saturated rings. The van der Waals surface area contributed by atoms with Crippen molar-refractivity contribution < 1.29 is 14.4 Å². The van der Waals surface area contributed by atoms with Crippen LogP contribution in [0.3, 0.4) is 0 Å². The van der Waals surface area contributed by atoms with Gasteiger partial charge in [-0.25, -0.2) is 4.79 Å². The van der Waals surface area contributed by atoms with Crippen LogP contribution in [0.15, 0.2) is 27.8 Å². The molecule has 0 aromatic carbocycles. The molecule has 8 heteroatoms. The molecule has 136 valence electrons. The van der Waals surface area contributed by atoms with E-state index < -0.39 is 6.09 Å². The van der Waals surface area contributed by atoms with Gasteiger partial charge in [-0.1, -0.05) is 11.6 Å². The van der Waals surface area contributed by atoms with Gasteiger partial charge in [-0.15, -0.1) is 0 Å². The predicted molar refractivity (Wildman–Crippen MR) is 95.3 cm³/mol. The first kappa shape index (κ1) is 16.6. The Labute approximate surface area is 148 Å². The highest BCUT2D eigenvalue weighted by atomic mass is 16.5. The molecular formula is C18H20N4O4. The third kappa shape index (κ3) is 2.71. The second kappa shape index (κ2) is 6.44. The monoisotopic (exact) mass is 356 g/mol. The molecule has 3 aromatic heterocycles. The van der Waals surface area contributed by atoms with Crippen molar-refractivity contribution in [1.29, 1.82) is 0 Å². The van der Waals surface area contributed by atoms with Gasteiger partial charge in [0, 0.05) is 30.4 Å². The number of aryl methyl sites for hydroxylation is 1. The standard InChI is InChI=1S/C18H20N4O4/c1-10-15-16(21-26-10)13-9-19-6-5-14(13)22(17(15)23)12-4-2-3-11(7-12)8-20-18(24)25/h5-6,9,11-12,20H,2-4,7-8H2,1H3,(H,24,25). The summed E-state index contributed by atoms with van der Waals surface area (Å²) in [5.74, 6) is 0.720. The zero-order chi connectivity index (χ0) is 18.3. The summed E-state index contributed by atoms with van der Waals surface area (Å²) >= 11 is 0. The van der Waals surface area contributed by atoms with Crippen molar-refractivity contribution in [2.24, 2.45) is 5.92 Å². The summed E-state index contributed by atoms with van der Waals surface area (Å²) in [6.07, 6.45) is 5.92. The van der Waals surface area contributed by atoms with E-state index in [1.54, 1.807) is 19.3 Å². The topological polar surface area (TPSA) is 110 Å². The summed E-state index contributed by atoms with van der Waals surface area (Å²) in [5, 5.41) is 16.7. The molecule has 2 atom stereocenters. The Bertz CT molecular complexity index is 1040. The second-order valence-electron chi connectivity index (χ2n) is 6.90. The Hall–Kier alpha value is -2.90. The highest BCUT2D eigenvalue weighted by Gasteiger charge is 2.27. The van der Waals surface area contributed by atoms with Crippen LogP contribution in [0.5, 0.6) is 0 Å². The average Bonchev–Trinajstić information content (AvgIpc) is 3.03. The summed E-state index contributed by atoms with van der Waals surface area (Å²) in [4.78, 5) is 28.2. The van der Waals surface area contributed by atoms with Crippen molar-refractivity contribution >= 4 is 27.9 Å². The minimum Gasteiger partial charge on any atom is -0.465 e. The molecule has 0 spiro atoms. The largest absolute Gasteiger partial charge is 0.465 e. The van der Waals surface area contributed by atoms with Crippen molar-refractivity contribution in [2.45, 2.75) is 38.6 Å². The average molecular weight is 356 g/mol. The Morgan fingerprint density at radius 1 is 1.46 bits per heavy atom. The Morgan fingerprint density at radius 2 is 2.31 bits per heavy atom. The lowest BCUT2D eigenvalue weighted by molar-refractivity contribution is 0.187. The lowest BCUT2D eigenvalue weighted by atomic mass is 9.85. The minimum atomic E-state index is -1.01. The first-order valence-corrected chi connectivity index (χ1v) is 8.77. The highest BCUT2D eigenvalue weighted by Crippen LogP contribution is 2.34. The van der Waals surface area contributed by atoms with E-state index in [0.29, 0.717) is 23.2 Å². The first-order chi connectivity index (χ1) is 12.6. The zero-order valence-electron chi connectivity index (χ0n) is 14.4. The maximum absolute atomic E-state index is 13.2. The second-order valence-corrected chi connectivity index (χ2v) is 6.90. The van der Waals surface area contributed by atoms with Crippen LogP contribution in [-0.2, 0) is 0 Å². The predicted octanol–water partition coefficient (Wildman–Crippen LogP) is 2.85. The highest BCUT2D eigenvalue weighted by molar-refractivity contribution is 6.03. The summed E-state index contributed by atoms with van der Waals surface area (Å²) in [6, 6.07) is 1.85. The molecule has 3 heterocycles. The first-order valence-electron chi connectivity index (χ1n) is 8.77. The van der Waals surface area contributed by atoms with Gasteiger partial charge in [-0.05, 0) is 38.2 Å². The zero-order valence-corrected chi connectivity index (χ0v) is 14.4. The minimum absolute atomic E-state index is 0.0143. The fraction of sp³-hybridized carbons (Fsp3) is 0.444. The van der Waals surface area contributed by atoms with Crippen LogP contribution in [0.4, 0.5) is 4.79 Å². The van der Waals surface area contributed by atoms with E-state index in [1.807, 2.05) is 10.6 Å². The third-order valence-corrected chi connectivity index (χ3v) is 5.27. The van der Waals surface area contributed by atoms with Crippen LogP contribution in [0, 0.1) is 12.8 Å². The summed E-state index contributed by atoms with van der Waals surface area (Å²) in [5.41, 5.74) is 1.24. The number of nitrogens with one attached hydrogen (secondary N) is 1. The smallest absolute Gasteiger partial charge is 0.404 e. The summed E-state index contributed by atoms with van der Waals surface area (Å²) < 4.78 is 7.10. The van der Waals surface area contributed by atoms with Crippen molar-refractivity contribution in [1.82, 2.24) is 20.0 Å². The van der Waals surface area contributed by atoms with E-state index in [-0.39, 0.29) is 17.5 Å². The van der Waals surface area contributed by atoms with Crippen LogP contribution in [0.25, 0.3) is 21.8 Å². The molecule has 26 heavy (non-hydrogen) atoms. The number of hydrogen-bond donors (Lipinski definition) is 2. The van der Waals surface area contributed by atoms with Crippen LogP contribution in [-0.4, -0.2) is 32.5 Å². The summed E-state index contributed by atoms with van der Waals surface area (Å²) in [6.45, 7) is 2.15. The molecule has 3 aromatic rings. The van der Waals surface area contributed by atoms with E-state index in [0.717, 1.165) is 36.6 Å². The molecule has 8 nitrogen and oxygen atoms in total. The third-order valence-electron chi connectivity index (χ3n) is 5.27. The van der Waals surface area contributed by atoms with Crippen LogP contribution >= 0.6 is 0 Å². The molecule has 2 N–H and O–H groups in total. The lowest BCUT2D eigenvalue weighted by Crippen LogP contribution is -2.34. The molecule has 0 radical (unpaired) electrons.